The van der Waals surface area contributed by atoms with Crippen LogP contribution in [0, 0.1) is 5.92 Å². The third-order valence-corrected chi connectivity index (χ3v) is 7.79. The number of carbonyl (C=O) groups is 2. The van der Waals surface area contributed by atoms with Crippen molar-refractivity contribution >= 4 is 21.8 Å². The number of carboxylic acid groups (broad SMARTS) is 1. The average molecular weight is 405 g/mol. The average Bonchev–Trinajstić information content (AvgIpc) is 2.87. The Balaban J connectivity index is 2.17. The van der Waals surface area contributed by atoms with Crippen LogP contribution >= 0.6 is 0 Å². The standard InChI is InChI=1S/C18H32N2O6S/c1-11(2)26-14-5-6-16(13(9-14)10-27(24,25)12(3)4)20-8-7-15(17(20)21)19-18(22)23/h11-16,19H,5-10H2,1-4H3,(H,22,23)/t13-,14-,15+,16+/m1/s1. The molecule has 2 fully saturated rings. The van der Waals surface area contributed by atoms with Crippen molar-refractivity contribution in [2.45, 2.75) is 82.9 Å². The predicted octanol–water partition coefficient (Wildman–Crippen LogP) is 1.64. The van der Waals surface area contributed by atoms with E-state index < -0.39 is 27.2 Å². The normalized spacial score (nSPS) is 29.6. The van der Waals surface area contributed by atoms with Gasteiger partial charge < -0.3 is 20.1 Å². The van der Waals surface area contributed by atoms with Crippen LogP contribution in [0.15, 0.2) is 0 Å². The molecule has 1 aliphatic carbocycles. The van der Waals surface area contributed by atoms with Gasteiger partial charge in [0.2, 0.25) is 5.91 Å². The second-order valence-corrected chi connectivity index (χ2v) is 10.7. The first-order valence-corrected chi connectivity index (χ1v) is 11.4. The van der Waals surface area contributed by atoms with Gasteiger partial charge in [-0.2, -0.15) is 0 Å². The molecule has 0 unspecified atom stereocenters. The van der Waals surface area contributed by atoms with Gasteiger partial charge in [0.1, 0.15) is 6.04 Å². The van der Waals surface area contributed by atoms with Crippen LogP contribution in [0.1, 0.15) is 53.4 Å². The molecule has 27 heavy (non-hydrogen) atoms. The van der Waals surface area contributed by atoms with Gasteiger partial charge in [0, 0.05) is 12.6 Å². The lowest BCUT2D eigenvalue weighted by Gasteiger charge is -2.41. The van der Waals surface area contributed by atoms with E-state index in [1.165, 1.54) is 0 Å². The molecule has 8 nitrogen and oxygen atoms in total. The third-order valence-electron chi connectivity index (χ3n) is 5.46. The summed E-state index contributed by atoms with van der Waals surface area (Å²) < 4.78 is 31.0. The number of hydrogen-bond donors (Lipinski definition) is 2. The van der Waals surface area contributed by atoms with E-state index in [0.717, 1.165) is 6.42 Å². The van der Waals surface area contributed by atoms with E-state index in [1.54, 1.807) is 18.7 Å². The van der Waals surface area contributed by atoms with Crippen molar-refractivity contribution < 1.29 is 27.9 Å². The van der Waals surface area contributed by atoms with Gasteiger partial charge in [0.05, 0.1) is 23.2 Å². The monoisotopic (exact) mass is 404 g/mol. The molecule has 4 atom stereocenters. The van der Waals surface area contributed by atoms with Crippen molar-refractivity contribution in [3.8, 4) is 0 Å². The summed E-state index contributed by atoms with van der Waals surface area (Å²) in [6.07, 6.45) is 1.27. The summed E-state index contributed by atoms with van der Waals surface area (Å²) in [5.74, 6) is -0.436. The predicted molar refractivity (Wildman–Crippen MR) is 101 cm³/mol. The number of rotatable bonds is 7. The second kappa shape index (κ2) is 8.77. The van der Waals surface area contributed by atoms with Crippen LogP contribution < -0.4 is 5.32 Å². The summed E-state index contributed by atoms with van der Waals surface area (Å²) in [6.45, 7) is 7.70. The zero-order valence-corrected chi connectivity index (χ0v) is 17.4. The molecular formula is C18H32N2O6S. The van der Waals surface area contributed by atoms with Crippen molar-refractivity contribution in [3.63, 3.8) is 0 Å². The van der Waals surface area contributed by atoms with Crippen molar-refractivity contribution in [2.75, 3.05) is 12.3 Å². The number of sulfone groups is 1. The first kappa shape index (κ1) is 21.9. The molecule has 156 valence electrons. The SMILES string of the molecule is CC(C)O[C@@H]1CC[C@H](N2CC[C@H](NC(=O)O)C2=O)[C@@H](CS(=O)(=O)C(C)C)C1. The molecule has 2 N–H and O–H groups in total. The van der Waals surface area contributed by atoms with Crippen LogP contribution in [0.5, 0.6) is 0 Å². The molecular weight excluding hydrogens is 372 g/mol. The zero-order chi connectivity index (χ0) is 20.4. The van der Waals surface area contributed by atoms with E-state index in [1.807, 2.05) is 13.8 Å². The van der Waals surface area contributed by atoms with Gasteiger partial charge in [-0.05, 0) is 59.3 Å². The summed E-state index contributed by atoms with van der Waals surface area (Å²) in [5, 5.41) is 10.7. The van der Waals surface area contributed by atoms with Crippen LogP contribution in [0.2, 0.25) is 0 Å². The minimum Gasteiger partial charge on any atom is -0.465 e. The Kier molecular flexibility index (Phi) is 7.13. The summed E-state index contributed by atoms with van der Waals surface area (Å²) in [4.78, 5) is 25.2. The molecule has 9 heteroatoms. The summed E-state index contributed by atoms with van der Waals surface area (Å²) >= 11 is 0. The quantitative estimate of drug-likeness (QED) is 0.667. The fourth-order valence-corrected chi connectivity index (χ4v) is 5.45. The van der Waals surface area contributed by atoms with Crippen LogP contribution in [0.3, 0.4) is 0 Å². The largest absolute Gasteiger partial charge is 0.465 e. The molecule has 1 saturated carbocycles. The Morgan fingerprint density at radius 3 is 2.48 bits per heavy atom. The van der Waals surface area contributed by atoms with Crippen LogP contribution in [0.4, 0.5) is 4.79 Å². The topological polar surface area (TPSA) is 113 Å². The van der Waals surface area contributed by atoms with Gasteiger partial charge in [0.15, 0.2) is 9.84 Å². The van der Waals surface area contributed by atoms with Gasteiger partial charge in [-0.15, -0.1) is 0 Å². The van der Waals surface area contributed by atoms with Gasteiger partial charge in [-0.25, -0.2) is 13.2 Å². The first-order chi connectivity index (χ1) is 12.5. The molecule has 1 aliphatic heterocycles. The molecule has 1 saturated heterocycles. The number of ether oxygens (including phenoxy) is 1. The number of likely N-dealkylation sites (tertiary alicyclic amines) is 1. The third kappa shape index (κ3) is 5.57. The van der Waals surface area contributed by atoms with Crippen molar-refractivity contribution in [3.05, 3.63) is 0 Å². The van der Waals surface area contributed by atoms with Crippen molar-refractivity contribution in [1.29, 1.82) is 0 Å². The van der Waals surface area contributed by atoms with Crippen molar-refractivity contribution in [1.82, 2.24) is 10.2 Å². The molecule has 0 aromatic rings. The number of nitrogens with one attached hydrogen (secondary N) is 1. The molecule has 1 heterocycles. The number of hydrogen-bond acceptors (Lipinski definition) is 5. The fraction of sp³-hybridized carbons (Fsp3) is 0.889. The lowest BCUT2D eigenvalue weighted by molar-refractivity contribution is -0.134. The minimum atomic E-state index is -3.27. The Bertz CT molecular complexity index is 648. The second-order valence-electron chi connectivity index (χ2n) is 8.15. The summed E-state index contributed by atoms with van der Waals surface area (Å²) in [6, 6.07) is -0.937. The highest BCUT2D eigenvalue weighted by Gasteiger charge is 2.43. The van der Waals surface area contributed by atoms with E-state index in [4.69, 9.17) is 9.84 Å². The molecule has 0 spiro atoms. The highest BCUT2D eigenvalue weighted by Crippen LogP contribution is 2.34. The Hall–Kier alpha value is -1.35. The smallest absolute Gasteiger partial charge is 0.405 e. The number of carbonyl (C=O) groups excluding carboxylic acids is 1. The minimum absolute atomic E-state index is 0.0146. The van der Waals surface area contributed by atoms with Crippen LogP contribution in [-0.4, -0.2) is 72.3 Å². The maximum atomic E-state index is 12.7. The lowest BCUT2D eigenvalue weighted by Crippen LogP contribution is -2.51. The highest BCUT2D eigenvalue weighted by molar-refractivity contribution is 7.91. The molecule has 2 amide bonds. The van der Waals surface area contributed by atoms with Crippen LogP contribution in [-0.2, 0) is 19.4 Å². The lowest BCUT2D eigenvalue weighted by atomic mass is 9.83. The molecule has 2 rings (SSSR count). The van der Waals surface area contributed by atoms with Crippen molar-refractivity contribution in [2.24, 2.45) is 5.92 Å². The maximum absolute atomic E-state index is 12.7. The molecule has 0 aromatic heterocycles. The zero-order valence-electron chi connectivity index (χ0n) is 16.6. The van der Waals surface area contributed by atoms with E-state index in [2.05, 4.69) is 5.32 Å². The molecule has 2 aliphatic rings. The van der Waals surface area contributed by atoms with Gasteiger partial charge in [0.25, 0.3) is 0 Å². The molecule has 0 bridgehead atoms. The van der Waals surface area contributed by atoms with E-state index >= 15 is 0 Å². The fourth-order valence-electron chi connectivity index (χ4n) is 4.11. The molecule has 0 radical (unpaired) electrons. The van der Waals surface area contributed by atoms with Crippen LogP contribution in [0.25, 0.3) is 0 Å². The van der Waals surface area contributed by atoms with E-state index in [-0.39, 0.29) is 35.8 Å². The summed E-state index contributed by atoms with van der Waals surface area (Å²) in [5.41, 5.74) is 0. The maximum Gasteiger partial charge on any atom is 0.405 e. The Morgan fingerprint density at radius 1 is 1.26 bits per heavy atom. The van der Waals surface area contributed by atoms with E-state index in [0.29, 0.717) is 25.8 Å². The van der Waals surface area contributed by atoms with Gasteiger partial charge in [-0.1, -0.05) is 0 Å². The summed E-state index contributed by atoms with van der Waals surface area (Å²) in [7, 11) is -3.27. The first-order valence-electron chi connectivity index (χ1n) is 9.68. The Morgan fingerprint density at radius 2 is 1.93 bits per heavy atom. The van der Waals surface area contributed by atoms with E-state index in [9.17, 15) is 18.0 Å². The van der Waals surface area contributed by atoms with Gasteiger partial charge >= 0.3 is 6.09 Å². The Labute approximate surface area is 161 Å². The number of nitrogens with zero attached hydrogens (tertiary/aromatic N) is 1. The number of amides is 2. The molecule has 0 aromatic carbocycles. The van der Waals surface area contributed by atoms with Gasteiger partial charge in [-0.3, -0.25) is 4.79 Å². The highest BCUT2D eigenvalue weighted by atomic mass is 32.2.